The van der Waals surface area contributed by atoms with Crippen LogP contribution in [-0.2, 0) is 4.74 Å². The lowest BCUT2D eigenvalue weighted by Gasteiger charge is -2.42. The van der Waals surface area contributed by atoms with E-state index in [1.54, 1.807) is 0 Å². The SMILES string of the molecule is C=C(CNC(C)(C)C)CN1CCOCC1(C)C. The molecule has 0 bridgehead atoms. The van der Waals surface area contributed by atoms with E-state index < -0.39 is 0 Å². The maximum atomic E-state index is 5.52. The zero-order chi connectivity index (χ0) is 13.1. The van der Waals surface area contributed by atoms with Crippen molar-refractivity contribution in [3.05, 3.63) is 12.2 Å². The summed E-state index contributed by atoms with van der Waals surface area (Å²) in [5.41, 5.74) is 1.53. The summed E-state index contributed by atoms with van der Waals surface area (Å²) < 4.78 is 5.52. The maximum absolute atomic E-state index is 5.52. The Balaban J connectivity index is 2.40. The first-order valence-corrected chi connectivity index (χ1v) is 6.45. The smallest absolute Gasteiger partial charge is 0.0645 e. The van der Waals surface area contributed by atoms with E-state index in [1.165, 1.54) is 5.57 Å². The predicted octanol–water partition coefficient (Wildman–Crippen LogP) is 2.04. The molecular weight excluding hydrogens is 212 g/mol. The van der Waals surface area contributed by atoms with Gasteiger partial charge in [0.15, 0.2) is 0 Å². The lowest BCUT2D eigenvalue weighted by atomic mass is 10.0. The Hall–Kier alpha value is -0.380. The van der Waals surface area contributed by atoms with Gasteiger partial charge in [-0.1, -0.05) is 6.58 Å². The Morgan fingerprint density at radius 2 is 2.06 bits per heavy atom. The largest absolute Gasteiger partial charge is 0.378 e. The van der Waals surface area contributed by atoms with Gasteiger partial charge in [-0.25, -0.2) is 0 Å². The van der Waals surface area contributed by atoms with Crippen molar-refractivity contribution in [2.75, 3.05) is 32.8 Å². The van der Waals surface area contributed by atoms with Crippen LogP contribution < -0.4 is 5.32 Å². The minimum Gasteiger partial charge on any atom is -0.378 e. The second kappa shape index (κ2) is 5.51. The first kappa shape index (κ1) is 14.7. The molecule has 0 aromatic rings. The molecule has 1 rings (SSSR count). The van der Waals surface area contributed by atoms with E-state index in [9.17, 15) is 0 Å². The molecule has 1 heterocycles. The van der Waals surface area contributed by atoms with Crippen LogP contribution in [0, 0.1) is 0 Å². The first-order chi connectivity index (χ1) is 7.71. The lowest BCUT2D eigenvalue weighted by molar-refractivity contribution is -0.0464. The average Bonchev–Trinajstić information content (AvgIpc) is 2.17. The molecule has 0 aromatic heterocycles. The van der Waals surface area contributed by atoms with Crippen molar-refractivity contribution in [2.24, 2.45) is 0 Å². The third kappa shape index (κ3) is 5.19. The van der Waals surface area contributed by atoms with Crippen LogP contribution in [0.25, 0.3) is 0 Å². The fourth-order valence-electron chi connectivity index (χ4n) is 1.90. The topological polar surface area (TPSA) is 24.5 Å². The van der Waals surface area contributed by atoms with Crippen LogP contribution in [0.3, 0.4) is 0 Å². The summed E-state index contributed by atoms with van der Waals surface area (Å²) in [5.74, 6) is 0. The lowest BCUT2D eigenvalue weighted by Crippen LogP contribution is -2.54. The number of hydrogen-bond acceptors (Lipinski definition) is 3. The molecule has 1 saturated heterocycles. The van der Waals surface area contributed by atoms with Crippen molar-refractivity contribution < 1.29 is 4.74 Å². The maximum Gasteiger partial charge on any atom is 0.0645 e. The minimum atomic E-state index is 0.128. The number of ether oxygens (including phenoxy) is 1. The quantitative estimate of drug-likeness (QED) is 0.761. The molecule has 0 radical (unpaired) electrons. The van der Waals surface area contributed by atoms with Gasteiger partial charge in [-0.3, -0.25) is 4.90 Å². The molecule has 0 aromatic carbocycles. The molecule has 3 nitrogen and oxygen atoms in total. The third-order valence-corrected chi connectivity index (χ3v) is 3.10. The number of rotatable bonds is 4. The summed E-state index contributed by atoms with van der Waals surface area (Å²) in [6.07, 6.45) is 0. The van der Waals surface area contributed by atoms with E-state index in [0.29, 0.717) is 0 Å². The Morgan fingerprint density at radius 3 is 2.59 bits per heavy atom. The molecule has 0 atom stereocenters. The predicted molar refractivity (Wildman–Crippen MR) is 73.4 cm³/mol. The number of morpholine rings is 1. The van der Waals surface area contributed by atoms with Crippen LogP contribution in [0.4, 0.5) is 0 Å². The van der Waals surface area contributed by atoms with E-state index in [1.807, 2.05) is 0 Å². The van der Waals surface area contributed by atoms with Crippen LogP contribution in [-0.4, -0.2) is 48.8 Å². The highest BCUT2D eigenvalue weighted by atomic mass is 16.5. The van der Waals surface area contributed by atoms with Gasteiger partial charge >= 0.3 is 0 Å². The van der Waals surface area contributed by atoms with Gasteiger partial charge in [0, 0.05) is 30.7 Å². The van der Waals surface area contributed by atoms with Crippen LogP contribution in [0.5, 0.6) is 0 Å². The van der Waals surface area contributed by atoms with E-state index in [-0.39, 0.29) is 11.1 Å². The van der Waals surface area contributed by atoms with Gasteiger partial charge in [0.05, 0.1) is 13.2 Å². The van der Waals surface area contributed by atoms with Crippen molar-refractivity contribution in [2.45, 2.75) is 45.7 Å². The van der Waals surface area contributed by atoms with Gasteiger partial charge in [-0.2, -0.15) is 0 Å². The van der Waals surface area contributed by atoms with Crippen LogP contribution in [0.15, 0.2) is 12.2 Å². The second-order valence-electron chi connectivity index (χ2n) is 6.64. The molecule has 1 aliphatic rings. The minimum absolute atomic E-state index is 0.128. The standard InChI is InChI=1S/C14H28N2O/c1-12(9-15-13(2,3)4)10-16-7-8-17-11-14(16,5)6/h15H,1,7-11H2,2-6H3. The molecule has 0 saturated carbocycles. The van der Waals surface area contributed by atoms with E-state index in [2.05, 4.69) is 51.4 Å². The Kier molecular flexibility index (Phi) is 4.76. The highest BCUT2D eigenvalue weighted by Gasteiger charge is 2.30. The van der Waals surface area contributed by atoms with Crippen LogP contribution in [0.2, 0.25) is 0 Å². The second-order valence-corrected chi connectivity index (χ2v) is 6.64. The van der Waals surface area contributed by atoms with Gasteiger partial charge in [-0.15, -0.1) is 0 Å². The van der Waals surface area contributed by atoms with Gasteiger partial charge < -0.3 is 10.1 Å². The van der Waals surface area contributed by atoms with Crippen LogP contribution >= 0.6 is 0 Å². The Labute approximate surface area is 106 Å². The highest BCUT2D eigenvalue weighted by molar-refractivity contribution is 5.03. The monoisotopic (exact) mass is 240 g/mol. The molecule has 100 valence electrons. The van der Waals surface area contributed by atoms with E-state index in [4.69, 9.17) is 4.74 Å². The Morgan fingerprint density at radius 1 is 1.41 bits per heavy atom. The molecule has 0 aliphatic carbocycles. The van der Waals surface area contributed by atoms with Gasteiger partial charge in [-0.05, 0) is 40.2 Å². The van der Waals surface area contributed by atoms with Crippen LogP contribution in [0.1, 0.15) is 34.6 Å². The molecule has 0 amide bonds. The molecule has 0 spiro atoms. The molecule has 0 unspecified atom stereocenters. The number of nitrogens with zero attached hydrogens (tertiary/aromatic N) is 1. The highest BCUT2D eigenvalue weighted by Crippen LogP contribution is 2.19. The molecule has 1 aliphatic heterocycles. The van der Waals surface area contributed by atoms with Crippen molar-refractivity contribution in [3.8, 4) is 0 Å². The van der Waals surface area contributed by atoms with Gasteiger partial charge in [0.1, 0.15) is 0 Å². The summed E-state index contributed by atoms with van der Waals surface area (Å²) in [4.78, 5) is 2.46. The summed E-state index contributed by atoms with van der Waals surface area (Å²) >= 11 is 0. The summed E-state index contributed by atoms with van der Waals surface area (Å²) in [6.45, 7) is 19.7. The zero-order valence-electron chi connectivity index (χ0n) is 12.1. The number of nitrogens with one attached hydrogen (secondary N) is 1. The summed E-state index contributed by atoms with van der Waals surface area (Å²) in [7, 11) is 0. The molecule has 3 heteroatoms. The van der Waals surface area contributed by atoms with Crippen molar-refractivity contribution in [1.82, 2.24) is 10.2 Å². The normalized spacial score (nSPS) is 21.5. The van der Waals surface area contributed by atoms with Crippen molar-refractivity contribution >= 4 is 0 Å². The van der Waals surface area contributed by atoms with Gasteiger partial charge in [0.2, 0.25) is 0 Å². The van der Waals surface area contributed by atoms with Crippen molar-refractivity contribution in [3.63, 3.8) is 0 Å². The molecule has 17 heavy (non-hydrogen) atoms. The fraction of sp³-hybridized carbons (Fsp3) is 0.857. The zero-order valence-corrected chi connectivity index (χ0v) is 12.1. The summed E-state index contributed by atoms with van der Waals surface area (Å²) in [5, 5.41) is 3.48. The van der Waals surface area contributed by atoms with E-state index in [0.717, 1.165) is 32.8 Å². The first-order valence-electron chi connectivity index (χ1n) is 6.45. The summed E-state index contributed by atoms with van der Waals surface area (Å²) in [6, 6.07) is 0. The van der Waals surface area contributed by atoms with E-state index >= 15 is 0 Å². The molecule has 1 N–H and O–H groups in total. The average molecular weight is 240 g/mol. The third-order valence-electron chi connectivity index (χ3n) is 3.10. The van der Waals surface area contributed by atoms with Crippen molar-refractivity contribution in [1.29, 1.82) is 0 Å². The molecular formula is C14H28N2O. The van der Waals surface area contributed by atoms with Gasteiger partial charge in [0.25, 0.3) is 0 Å². The Bertz CT molecular complexity index is 266. The number of hydrogen-bond donors (Lipinski definition) is 1. The fourth-order valence-corrected chi connectivity index (χ4v) is 1.90. The molecule has 1 fully saturated rings.